The van der Waals surface area contributed by atoms with Crippen LogP contribution in [0.3, 0.4) is 0 Å². The number of hydrogen-bond acceptors (Lipinski definition) is 3. The van der Waals surface area contributed by atoms with Crippen LogP contribution < -0.4 is 5.32 Å². The maximum atomic E-state index is 12.3. The Labute approximate surface area is 135 Å². The van der Waals surface area contributed by atoms with E-state index >= 15 is 0 Å². The van der Waals surface area contributed by atoms with Gasteiger partial charge in [0, 0.05) is 12.0 Å². The molecule has 0 aliphatic rings. The molecule has 0 saturated heterocycles. The molecular weight excluding hydrogens is 298 g/mol. The van der Waals surface area contributed by atoms with Gasteiger partial charge in [-0.25, -0.2) is 9.97 Å². The third-order valence-corrected chi connectivity index (χ3v) is 3.85. The summed E-state index contributed by atoms with van der Waals surface area (Å²) >= 11 is 5.99. The van der Waals surface area contributed by atoms with Crippen molar-refractivity contribution in [1.82, 2.24) is 15.3 Å². The minimum absolute atomic E-state index is 0.184. The van der Waals surface area contributed by atoms with Gasteiger partial charge in [-0.05, 0) is 19.4 Å². The standard InChI is InChI=1S/C17H20ClN3O/c1-11-6-5-7-13(8-11)17(3,4)10-20-16(22)15-14(18)9-19-12(2)21-15/h5-9H,10H2,1-4H3,(H,20,22). The van der Waals surface area contributed by atoms with Gasteiger partial charge in [-0.3, -0.25) is 4.79 Å². The second kappa shape index (κ2) is 6.44. The SMILES string of the molecule is Cc1cccc(C(C)(C)CNC(=O)c2nc(C)ncc2Cl)c1. The Morgan fingerprint density at radius 2 is 2.05 bits per heavy atom. The smallest absolute Gasteiger partial charge is 0.271 e. The summed E-state index contributed by atoms with van der Waals surface area (Å²) in [5, 5.41) is 3.17. The summed E-state index contributed by atoms with van der Waals surface area (Å²) in [6.07, 6.45) is 1.45. The fraction of sp³-hybridized carbons (Fsp3) is 0.353. The minimum Gasteiger partial charge on any atom is -0.350 e. The number of carbonyl (C=O) groups is 1. The van der Waals surface area contributed by atoms with E-state index in [0.29, 0.717) is 12.4 Å². The van der Waals surface area contributed by atoms with Crippen LogP contribution >= 0.6 is 11.6 Å². The van der Waals surface area contributed by atoms with Crippen molar-refractivity contribution in [3.8, 4) is 0 Å². The van der Waals surface area contributed by atoms with Crippen LogP contribution in [0.5, 0.6) is 0 Å². The lowest BCUT2D eigenvalue weighted by Crippen LogP contribution is -2.37. The molecule has 1 amide bonds. The van der Waals surface area contributed by atoms with Crippen LogP contribution in [0, 0.1) is 13.8 Å². The van der Waals surface area contributed by atoms with E-state index in [-0.39, 0.29) is 22.0 Å². The lowest BCUT2D eigenvalue weighted by atomic mass is 9.84. The molecule has 0 radical (unpaired) electrons. The Morgan fingerprint density at radius 1 is 1.32 bits per heavy atom. The number of aryl methyl sites for hydroxylation is 2. The van der Waals surface area contributed by atoms with E-state index in [1.807, 2.05) is 6.07 Å². The highest BCUT2D eigenvalue weighted by atomic mass is 35.5. The van der Waals surface area contributed by atoms with Gasteiger partial charge in [0.05, 0.1) is 11.2 Å². The normalized spacial score (nSPS) is 11.3. The Morgan fingerprint density at radius 3 is 2.73 bits per heavy atom. The van der Waals surface area contributed by atoms with Gasteiger partial charge in [0.1, 0.15) is 11.5 Å². The van der Waals surface area contributed by atoms with Crippen LogP contribution in [0.4, 0.5) is 0 Å². The average molecular weight is 318 g/mol. The lowest BCUT2D eigenvalue weighted by Gasteiger charge is -2.26. The number of rotatable bonds is 4. The molecule has 1 aromatic heterocycles. The second-order valence-corrected chi connectivity index (χ2v) is 6.46. The Balaban J connectivity index is 2.11. The monoisotopic (exact) mass is 317 g/mol. The van der Waals surface area contributed by atoms with Crippen LogP contribution in [0.2, 0.25) is 5.02 Å². The summed E-state index contributed by atoms with van der Waals surface area (Å²) in [5.74, 6) is 0.240. The van der Waals surface area contributed by atoms with Gasteiger partial charge >= 0.3 is 0 Å². The number of aromatic nitrogens is 2. The number of nitrogens with one attached hydrogen (secondary N) is 1. The van der Waals surface area contributed by atoms with Crippen LogP contribution in [0.1, 0.15) is 41.3 Å². The molecule has 0 bridgehead atoms. The van der Waals surface area contributed by atoms with E-state index < -0.39 is 0 Å². The number of amides is 1. The summed E-state index contributed by atoms with van der Waals surface area (Å²) in [6.45, 7) is 8.46. The fourth-order valence-corrected chi connectivity index (χ4v) is 2.34. The van der Waals surface area contributed by atoms with Crippen LogP contribution in [0.25, 0.3) is 0 Å². The molecule has 0 spiro atoms. The van der Waals surface area contributed by atoms with Gasteiger partial charge in [-0.15, -0.1) is 0 Å². The zero-order valence-electron chi connectivity index (χ0n) is 13.3. The molecule has 1 heterocycles. The van der Waals surface area contributed by atoms with E-state index in [1.54, 1.807) is 6.92 Å². The predicted molar refractivity (Wildman–Crippen MR) is 88.3 cm³/mol. The van der Waals surface area contributed by atoms with Crippen LogP contribution in [0.15, 0.2) is 30.5 Å². The number of carbonyl (C=O) groups excluding carboxylic acids is 1. The van der Waals surface area contributed by atoms with Crippen molar-refractivity contribution in [1.29, 1.82) is 0 Å². The van der Waals surface area contributed by atoms with E-state index in [4.69, 9.17) is 11.6 Å². The van der Waals surface area contributed by atoms with Crippen molar-refractivity contribution < 1.29 is 4.79 Å². The molecular formula is C17H20ClN3O. The van der Waals surface area contributed by atoms with Gasteiger partial charge in [-0.2, -0.15) is 0 Å². The van der Waals surface area contributed by atoms with Gasteiger partial charge in [-0.1, -0.05) is 55.3 Å². The first-order chi connectivity index (χ1) is 10.3. The Bertz CT molecular complexity index is 698. The Kier molecular flexibility index (Phi) is 4.81. The van der Waals surface area contributed by atoms with Crippen molar-refractivity contribution in [3.63, 3.8) is 0 Å². The summed E-state index contributed by atoms with van der Waals surface area (Å²) in [7, 11) is 0. The van der Waals surface area contributed by atoms with Gasteiger partial charge < -0.3 is 5.32 Å². The number of halogens is 1. The molecule has 0 aliphatic carbocycles. The maximum Gasteiger partial charge on any atom is 0.271 e. The summed E-state index contributed by atoms with van der Waals surface area (Å²) in [4.78, 5) is 20.3. The Hall–Kier alpha value is -1.94. The molecule has 0 aliphatic heterocycles. The summed E-state index contributed by atoms with van der Waals surface area (Å²) in [5.41, 5.74) is 2.41. The van der Waals surface area contributed by atoms with Crippen LogP contribution in [-0.4, -0.2) is 22.4 Å². The summed E-state index contributed by atoms with van der Waals surface area (Å²) in [6, 6.07) is 8.29. The second-order valence-electron chi connectivity index (χ2n) is 6.05. The third-order valence-electron chi connectivity index (χ3n) is 3.57. The largest absolute Gasteiger partial charge is 0.350 e. The van der Waals surface area contributed by atoms with Crippen LogP contribution in [-0.2, 0) is 5.41 Å². The highest BCUT2D eigenvalue weighted by Crippen LogP contribution is 2.23. The molecule has 1 N–H and O–H groups in total. The first-order valence-corrected chi connectivity index (χ1v) is 7.52. The van der Waals surface area contributed by atoms with Gasteiger partial charge in [0.15, 0.2) is 0 Å². The van der Waals surface area contributed by atoms with Crippen molar-refractivity contribution in [2.75, 3.05) is 6.54 Å². The fourth-order valence-electron chi connectivity index (χ4n) is 2.17. The molecule has 0 unspecified atom stereocenters. The number of benzene rings is 1. The van der Waals surface area contributed by atoms with E-state index in [2.05, 4.69) is 54.3 Å². The molecule has 2 rings (SSSR count). The molecule has 0 fully saturated rings. The quantitative estimate of drug-likeness (QED) is 0.939. The summed E-state index contributed by atoms with van der Waals surface area (Å²) < 4.78 is 0. The molecule has 116 valence electrons. The average Bonchev–Trinajstić information content (AvgIpc) is 2.47. The van der Waals surface area contributed by atoms with Gasteiger partial charge in [0.25, 0.3) is 5.91 Å². The van der Waals surface area contributed by atoms with Crippen molar-refractivity contribution >= 4 is 17.5 Å². The zero-order valence-corrected chi connectivity index (χ0v) is 14.0. The van der Waals surface area contributed by atoms with Crippen molar-refractivity contribution in [2.24, 2.45) is 0 Å². The number of nitrogens with zero attached hydrogens (tertiary/aromatic N) is 2. The molecule has 22 heavy (non-hydrogen) atoms. The highest BCUT2D eigenvalue weighted by Gasteiger charge is 2.23. The molecule has 1 aromatic carbocycles. The molecule has 2 aromatic rings. The van der Waals surface area contributed by atoms with E-state index in [1.165, 1.54) is 17.3 Å². The number of hydrogen-bond donors (Lipinski definition) is 1. The first-order valence-electron chi connectivity index (χ1n) is 7.14. The van der Waals surface area contributed by atoms with Gasteiger partial charge in [0.2, 0.25) is 0 Å². The first kappa shape index (κ1) is 16.4. The van der Waals surface area contributed by atoms with E-state index in [0.717, 1.165) is 0 Å². The zero-order chi connectivity index (χ0) is 16.3. The predicted octanol–water partition coefficient (Wildman–Crippen LogP) is 3.45. The van der Waals surface area contributed by atoms with Crippen molar-refractivity contribution in [3.05, 3.63) is 58.1 Å². The minimum atomic E-state index is -0.281. The van der Waals surface area contributed by atoms with Crippen molar-refractivity contribution in [2.45, 2.75) is 33.1 Å². The molecule has 5 heteroatoms. The van der Waals surface area contributed by atoms with E-state index in [9.17, 15) is 4.79 Å². The highest BCUT2D eigenvalue weighted by molar-refractivity contribution is 6.33. The lowest BCUT2D eigenvalue weighted by molar-refractivity contribution is 0.0940. The topological polar surface area (TPSA) is 54.9 Å². The molecule has 0 saturated carbocycles. The molecule has 4 nitrogen and oxygen atoms in total. The molecule has 0 atom stereocenters. The third kappa shape index (κ3) is 3.83. The maximum absolute atomic E-state index is 12.3.